The van der Waals surface area contributed by atoms with Crippen LogP contribution in [0.15, 0.2) is 54.6 Å². The van der Waals surface area contributed by atoms with Crippen molar-refractivity contribution in [1.29, 1.82) is 0 Å². The van der Waals surface area contributed by atoms with Gasteiger partial charge < -0.3 is 10.1 Å². The first-order valence-electron chi connectivity index (χ1n) is 7.49. The van der Waals surface area contributed by atoms with Crippen LogP contribution in [0.1, 0.15) is 23.6 Å². The molecular formula is C17H17ClFNO4S. The molecule has 134 valence electrons. The summed E-state index contributed by atoms with van der Waals surface area (Å²) >= 11 is 0. The molecule has 0 radical (unpaired) electrons. The van der Waals surface area contributed by atoms with Gasteiger partial charge in [0.25, 0.3) is 0 Å². The molecule has 1 N–H and O–H groups in total. The molecule has 0 bridgehead atoms. The summed E-state index contributed by atoms with van der Waals surface area (Å²) in [5.41, 5.74) is 0.961. The molecule has 0 heterocycles. The molecule has 0 aliphatic carbocycles. The van der Waals surface area contributed by atoms with Crippen molar-refractivity contribution in [1.82, 2.24) is 5.32 Å². The van der Waals surface area contributed by atoms with E-state index in [9.17, 15) is 17.6 Å². The van der Waals surface area contributed by atoms with Gasteiger partial charge in [0.2, 0.25) is 9.05 Å². The summed E-state index contributed by atoms with van der Waals surface area (Å²) in [6.07, 6.45) is -0.850. The summed E-state index contributed by atoms with van der Waals surface area (Å²) in [7, 11) is 1.44. The maximum atomic E-state index is 14.0. The van der Waals surface area contributed by atoms with E-state index in [-0.39, 0.29) is 18.6 Å². The maximum Gasteiger partial charge on any atom is 0.407 e. The van der Waals surface area contributed by atoms with E-state index in [0.717, 1.165) is 5.56 Å². The Kier molecular flexibility index (Phi) is 6.78. The summed E-state index contributed by atoms with van der Waals surface area (Å²) < 4.78 is 41.4. The van der Waals surface area contributed by atoms with Gasteiger partial charge in [0.15, 0.2) is 0 Å². The van der Waals surface area contributed by atoms with Gasteiger partial charge >= 0.3 is 6.09 Å². The molecule has 5 nitrogen and oxygen atoms in total. The van der Waals surface area contributed by atoms with Crippen LogP contribution in [-0.2, 0) is 20.4 Å². The Morgan fingerprint density at radius 2 is 1.76 bits per heavy atom. The molecule has 1 atom stereocenters. The molecule has 0 spiro atoms. The van der Waals surface area contributed by atoms with Gasteiger partial charge in [-0.25, -0.2) is 17.6 Å². The summed E-state index contributed by atoms with van der Waals surface area (Å²) in [5.74, 6) is -0.963. The van der Waals surface area contributed by atoms with Crippen LogP contribution in [0.3, 0.4) is 0 Å². The van der Waals surface area contributed by atoms with E-state index in [4.69, 9.17) is 15.4 Å². The molecule has 1 amide bonds. The van der Waals surface area contributed by atoms with Gasteiger partial charge in [0.1, 0.15) is 12.4 Å². The highest BCUT2D eigenvalue weighted by Gasteiger charge is 2.21. The number of benzene rings is 2. The van der Waals surface area contributed by atoms with Crippen LogP contribution in [0.2, 0.25) is 0 Å². The molecule has 2 aromatic carbocycles. The Bertz CT molecular complexity index is 814. The highest BCUT2D eigenvalue weighted by atomic mass is 35.7. The zero-order chi connectivity index (χ0) is 18.3. The van der Waals surface area contributed by atoms with Gasteiger partial charge in [-0.15, -0.1) is 0 Å². The predicted molar refractivity (Wildman–Crippen MR) is 93.2 cm³/mol. The standard InChI is InChI=1S/C17H17ClFNO4S/c18-25(22,23)11-10-16(14-8-4-5-9-15(14)19)20-17(21)24-12-13-6-2-1-3-7-13/h1-9,16H,10-12H2,(H,20,21). The molecule has 0 saturated heterocycles. The molecule has 0 fully saturated rings. The zero-order valence-corrected chi connectivity index (χ0v) is 14.8. The summed E-state index contributed by atoms with van der Waals surface area (Å²) in [6.45, 7) is 0.0461. The number of ether oxygens (including phenoxy) is 1. The van der Waals surface area contributed by atoms with E-state index >= 15 is 0 Å². The lowest BCUT2D eigenvalue weighted by Gasteiger charge is -2.19. The lowest BCUT2D eigenvalue weighted by molar-refractivity contribution is 0.135. The van der Waals surface area contributed by atoms with E-state index in [2.05, 4.69) is 5.32 Å². The average Bonchev–Trinajstić information content (AvgIpc) is 2.57. The Morgan fingerprint density at radius 3 is 2.40 bits per heavy atom. The molecule has 2 rings (SSSR count). The molecule has 0 aliphatic heterocycles. The van der Waals surface area contributed by atoms with Crippen molar-refractivity contribution in [2.24, 2.45) is 0 Å². The van der Waals surface area contributed by atoms with Crippen LogP contribution in [0.25, 0.3) is 0 Å². The smallest absolute Gasteiger partial charge is 0.407 e. The van der Waals surface area contributed by atoms with Crippen molar-refractivity contribution < 1.29 is 22.3 Å². The van der Waals surface area contributed by atoms with Crippen molar-refractivity contribution in [3.63, 3.8) is 0 Å². The molecule has 0 saturated carbocycles. The number of carbonyl (C=O) groups is 1. The minimum atomic E-state index is -3.77. The molecule has 8 heteroatoms. The van der Waals surface area contributed by atoms with Crippen molar-refractivity contribution in [3.05, 3.63) is 71.5 Å². The topological polar surface area (TPSA) is 72.5 Å². The van der Waals surface area contributed by atoms with Gasteiger partial charge in [-0.2, -0.15) is 0 Å². The molecule has 2 aromatic rings. The van der Waals surface area contributed by atoms with Crippen LogP contribution in [0, 0.1) is 5.82 Å². The third-order valence-corrected chi connectivity index (χ3v) is 4.62. The van der Waals surface area contributed by atoms with Crippen molar-refractivity contribution in [3.8, 4) is 0 Å². The second kappa shape index (κ2) is 8.82. The van der Waals surface area contributed by atoms with Crippen molar-refractivity contribution >= 4 is 25.8 Å². The van der Waals surface area contributed by atoms with Gasteiger partial charge in [0, 0.05) is 16.2 Å². The second-order valence-electron chi connectivity index (χ2n) is 5.31. The third kappa shape index (κ3) is 6.72. The van der Waals surface area contributed by atoms with Gasteiger partial charge in [0.05, 0.1) is 11.8 Å². The zero-order valence-electron chi connectivity index (χ0n) is 13.2. The first-order valence-corrected chi connectivity index (χ1v) is 9.97. The minimum absolute atomic E-state index is 0.0461. The van der Waals surface area contributed by atoms with E-state index in [1.165, 1.54) is 18.2 Å². The fraction of sp³-hybridized carbons (Fsp3) is 0.235. The summed E-state index contributed by atoms with van der Waals surface area (Å²) in [6, 6.07) is 14.0. The number of amides is 1. The van der Waals surface area contributed by atoms with Crippen molar-refractivity contribution in [2.45, 2.75) is 19.1 Å². The highest BCUT2D eigenvalue weighted by molar-refractivity contribution is 8.13. The number of rotatable bonds is 7. The SMILES string of the molecule is O=C(NC(CCS(=O)(=O)Cl)c1ccccc1F)OCc1ccccc1. The molecule has 0 aliphatic rings. The predicted octanol–water partition coefficient (Wildman–Crippen LogP) is 3.75. The van der Waals surface area contributed by atoms with Gasteiger partial charge in [-0.1, -0.05) is 48.5 Å². The van der Waals surface area contributed by atoms with Gasteiger partial charge in [-0.3, -0.25) is 0 Å². The van der Waals surface area contributed by atoms with E-state index in [0.29, 0.717) is 0 Å². The number of halogens is 2. The van der Waals surface area contributed by atoms with Crippen LogP contribution in [0.4, 0.5) is 9.18 Å². The molecule has 0 aromatic heterocycles. The monoisotopic (exact) mass is 385 g/mol. The minimum Gasteiger partial charge on any atom is -0.445 e. The number of carbonyl (C=O) groups excluding carboxylic acids is 1. The normalized spacial score (nSPS) is 12.4. The first kappa shape index (κ1) is 19.2. The average molecular weight is 386 g/mol. The van der Waals surface area contributed by atoms with Crippen LogP contribution in [0.5, 0.6) is 0 Å². The summed E-state index contributed by atoms with van der Waals surface area (Å²) in [4.78, 5) is 12.0. The number of nitrogens with one attached hydrogen (secondary N) is 1. The molecular weight excluding hydrogens is 369 g/mol. The Morgan fingerprint density at radius 1 is 1.12 bits per heavy atom. The Hall–Kier alpha value is -2.12. The van der Waals surface area contributed by atoms with E-state index in [1.54, 1.807) is 18.2 Å². The van der Waals surface area contributed by atoms with Gasteiger partial charge in [-0.05, 0) is 18.1 Å². The van der Waals surface area contributed by atoms with E-state index < -0.39 is 32.8 Å². The fourth-order valence-electron chi connectivity index (χ4n) is 2.23. The third-order valence-electron chi connectivity index (χ3n) is 3.44. The molecule has 25 heavy (non-hydrogen) atoms. The lowest BCUT2D eigenvalue weighted by atomic mass is 10.0. The van der Waals surface area contributed by atoms with Crippen LogP contribution in [-0.4, -0.2) is 20.3 Å². The van der Waals surface area contributed by atoms with Crippen molar-refractivity contribution in [2.75, 3.05) is 5.75 Å². The van der Waals surface area contributed by atoms with Crippen LogP contribution >= 0.6 is 10.7 Å². The first-order chi connectivity index (χ1) is 11.8. The largest absolute Gasteiger partial charge is 0.445 e. The second-order valence-corrected chi connectivity index (χ2v) is 8.21. The quantitative estimate of drug-likeness (QED) is 0.737. The Balaban J connectivity index is 2.04. The summed E-state index contributed by atoms with van der Waals surface area (Å²) in [5, 5.41) is 2.49. The maximum absolute atomic E-state index is 14.0. The fourth-order valence-corrected chi connectivity index (χ4v) is 3.01. The van der Waals surface area contributed by atoms with Crippen LogP contribution < -0.4 is 5.32 Å². The number of hydrogen-bond donors (Lipinski definition) is 1. The Labute approximate surface area is 150 Å². The number of hydrogen-bond acceptors (Lipinski definition) is 4. The number of alkyl carbamates (subject to hydrolysis) is 1. The lowest BCUT2D eigenvalue weighted by Crippen LogP contribution is -2.30. The molecule has 1 unspecified atom stereocenters. The highest BCUT2D eigenvalue weighted by Crippen LogP contribution is 2.21. The van der Waals surface area contributed by atoms with E-state index in [1.807, 2.05) is 18.2 Å².